The van der Waals surface area contributed by atoms with Gasteiger partial charge in [0.25, 0.3) is 0 Å². The van der Waals surface area contributed by atoms with Gasteiger partial charge in [-0.15, -0.1) is 34.2 Å². The molecule has 7 nitrogen and oxygen atoms in total. The van der Waals surface area contributed by atoms with Crippen LogP contribution in [0.3, 0.4) is 0 Å². The summed E-state index contributed by atoms with van der Waals surface area (Å²) in [4.78, 5) is 7.70. The molecular weight excluding hydrogens is 501 g/mol. The van der Waals surface area contributed by atoms with Crippen molar-refractivity contribution in [2.45, 2.75) is 103 Å². The lowest BCUT2D eigenvalue weighted by Crippen LogP contribution is -2.59. The number of hydrogen-bond donors (Lipinski definition) is 2. The van der Waals surface area contributed by atoms with Gasteiger partial charge < -0.3 is 15.2 Å². The average molecular weight is 544 g/mol. The highest BCUT2D eigenvalue weighted by Gasteiger charge is 2.38. The van der Waals surface area contributed by atoms with E-state index in [1.54, 1.807) is 0 Å². The van der Waals surface area contributed by atoms with Crippen molar-refractivity contribution in [3.8, 4) is 0 Å². The number of fused-ring (bicyclic) bond motifs is 1. The summed E-state index contributed by atoms with van der Waals surface area (Å²) in [5.74, 6) is 3.07. The maximum Gasteiger partial charge on any atom is 0.191 e. The number of aliphatic imine (C=N–C) groups is 1. The normalized spacial score (nSPS) is 22.2. The number of halogens is 1. The van der Waals surface area contributed by atoms with E-state index in [0.717, 1.165) is 43.7 Å². The van der Waals surface area contributed by atoms with Gasteiger partial charge in [0.05, 0.1) is 0 Å². The third kappa shape index (κ3) is 6.33. The summed E-state index contributed by atoms with van der Waals surface area (Å²) in [5.41, 5.74) is 0.306. The second-order valence-corrected chi connectivity index (χ2v) is 9.38. The molecule has 3 heterocycles. The Morgan fingerprint density at radius 3 is 2.39 bits per heavy atom. The first-order valence-corrected chi connectivity index (χ1v) is 12.5. The van der Waals surface area contributed by atoms with Crippen molar-refractivity contribution in [2.24, 2.45) is 4.99 Å². The minimum absolute atomic E-state index is 0. The van der Waals surface area contributed by atoms with Crippen LogP contribution < -0.4 is 10.6 Å². The Morgan fingerprint density at radius 2 is 1.61 bits per heavy atom. The fourth-order valence-corrected chi connectivity index (χ4v) is 5.58. The van der Waals surface area contributed by atoms with E-state index in [1.807, 2.05) is 0 Å². The van der Waals surface area contributed by atoms with Crippen LogP contribution in [0.4, 0.5) is 0 Å². The van der Waals surface area contributed by atoms with Crippen LogP contribution in [0.2, 0.25) is 0 Å². The molecule has 0 bridgehead atoms. The molecule has 0 radical (unpaired) electrons. The van der Waals surface area contributed by atoms with Gasteiger partial charge in [-0.25, -0.2) is 4.99 Å². The van der Waals surface area contributed by atoms with Crippen LogP contribution in [0.5, 0.6) is 0 Å². The van der Waals surface area contributed by atoms with E-state index in [1.165, 1.54) is 83.7 Å². The van der Waals surface area contributed by atoms with Gasteiger partial charge in [-0.2, -0.15) is 0 Å². The molecule has 0 atom stereocenters. The van der Waals surface area contributed by atoms with Crippen LogP contribution in [0, 0.1) is 0 Å². The molecule has 2 N–H and O–H groups in total. The standard InChI is InChI=1S/C23H41N7.HI/c1-2-24-22(25-18-21-28-27-20-12-6-3-11-17-30(20)21)26-19-23(13-7-4-8-14-23)29-15-9-5-10-16-29;/h2-19H2,1H3,(H2,24,25,26);1H. The van der Waals surface area contributed by atoms with E-state index in [4.69, 9.17) is 4.99 Å². The van der Waals surface area contributed by atoms with Crippen molar-refractivity contribution in [1.82, 2.24) is 30.3 Å². The Bertz CT molecular complexity index is 690. The minimum Gasteiger partial charge on any atom is -0.357 e. The topological polar surface area (TPSA) is 70.4 Å². The molecule has 8 heteroatoms. The molecule has 31 heavy (non-hydrogen) atoms. The summed E-state index contributed by atoms with van der Waals surface area (Å²) >= 11 is 0. The number of aromatic nitrogens is 3. The Kier molecular flexibility index (Phi) is 9.87. The molecule has 1 aromatic heterocycles. The van der Waals surface area contributed by atoms with Crippen molar-refractivity contribution in [3.05, 3.63) is 11.6 Å². The van der Waals surface area contributed by atoms with Crippen molar-refractivity contribution in [1.29, 1.82) is 0 Å². The summed E-state index contributed by atoms with van der Waals surface area (Å²) in [6.45, 7) is 8.18. The third-order valence-electron chi connectivity index (χ3n) is 7.30. The zero-order valence-electron chi connectivity index (χ0n) is 19.4. The van der Waals surface area contributed by atoms with Gasteiger partial charge in [-0.1, -0.05) is 32.1 Å². The van der Waals surface area contributed by atoms with Gasteiger partial charge >= 0.3 is 0 Å². The van der Waals surface area contributed by atoms with Gasteiger partial charge in [0.1, 0.15) is 12.4 Å². The lowest BCUT2D eigenvalue weighted by Gasteiger charge is -2.48. The molecule has 2 aliphatic heterocycles. The zero-order chi connectivity index (χ0) is 20.7. The highest BCUT2D eigenvalue weighted by molar-refractivity contribution is 14.0. The molecule has 0 amide bonds. The number of likely N-dealkylation sites (tertiary alicyclic amines) is 1. The van der Waals surface area contributed by atoms with Crippen molar-refractivity contribution in [3.63, 3.8) is 0 Å². The molecule has 1 saturated heterocycles. The Balaban J connectivity index is 0.00000272. The third-order valence-corrected chi connectivity index (χ3v) is 7.30. The summed E-state index contributed by atoms with van der Waals surface area (Å²) in [6, 6.07) is 0. The van der Waals surface area contributed by atoms with Crippen LogP contribution in [0.1, 0.15) is 89.2 Å². The smallest absolute Gasteiger partial charge is 0.191 e. The highest BCUT2D eigenvalue weighted by Crippen LogP contribution is 2.35. The van der Waals surface area contributed by atoms with E-state index >= 15 is 0 Å². The summed E-state index contributed by atoms with van der Waals surface area (Å²) < 4.78 is 2.30. The largest absolute Gasteiger partial charge is 0.357 e. The van der Waals surface area contributed by atoms with Crippen LogP contribution in [0.15, 0.2) is 4.99 Å². The molecule has 1 saturated carbocycles. The Morgan fingerprint density at radius 1 is 0.903 bits per heavy atom. The summed E-state index contributed by atoms with van der Waals surface area (Å²) in [7, 11) is 0. The molecule has 4 rings (SSSR count). The number of nitrogens with one attached hydrogen (secondary N) is 2. The van der Waals surface area contributed by atoms with Crippen LogP contribution >= 0.6 is 24.0 Å². The van der Waals surface area contributed by atoms with Crippen LogP contribution in [-0.4, -0.2) is 57.3 Å². The lowest BCUT2D eigenvalue weighted by atomic mass is 9.79. The van der Waals surface area contributed by atoms with E-state index in [9.17, 15) is 0 Å². The number of nitrogens with zero attached hydrogens (tertiary/aromatic N) is 5. The Labute approximate surface area is 205 Å². The average Bonchev–Trinajstić information content (AvgIpc) is 3.02. The quantitative estimate of drug-likeness (QED) is 0.324. The maximum absolute atomic E-state index is 4.91. The van der Waals surface area contributed by atoms with Crippen molar-refractivity contribution in [2.75, 3.05) is 26.2 Å². The zero-order valence-corrected chi connectivity index (χ0v) is 21.7. The van der Waals surface area contributed by atoms with Gasteiger partial charge in [-0.3, -0.25) is 4.90 Å². The number of guanidine groups is 1. The molecular formula is C23H42IN7. The molecule has 1 aromatic rings. The van der Waals surface area contributed by atoms with E-state index in [2.05, 4.69) is 37.2 Å². The van der Waals surface area contributed by atoms with Crippen LogP contribution in [-0.2, 0) is 19.5 Å². The van der Waals surface area contributed by atoms with Crippen molar-refractivity contribution >= 4 is 29.9 Å². The second kappa shape index (κ2) is 12.4. The molecule has 2 fully saturated rings. The fourth-order valence-electron chi connectivity index (χ4n) is 5.58. The number of aryl methyl sites for hydroxylation is 1. The first kappa shape index (κ1) is 24.7. The van der Waals surface area contributed by atoms with E-state index in [-0.39, 0.29) is 24.0 Å². The summed E-state index contributed by atoms with van der Waals surface area (Å²) in [6.07, 6.45) is 15.6. The van der Waals surface area contributed by atoms with Gasteiger partial charge in [-0.05, 0) is 58.5 Å². The molecule has 0 spiro atoms. The predicted octanol–water partition coefficient (Wildman–Crippen LogP) is 3.87. The molecule has 0 unspecified atom stereocenters. The van der Waals surface area contributed by atoms with Crippen molar-refractivity contribution < 1.29 is 0 Å². The lowest BCUT2D eigenvalue weighted by molar-refractivity contribution is 0.0368. The minimum atomic E-state index is 0. The molecule has 176 valence electrons. The predicted molar refractivity (Wildman–Crippen MR) is 137 cm³/mol. The number of piperidine rings is 1. The van der Waals surface area contributed by atoms with Gasteiger partial charge in [0.2, 0.25) is 0 Å². The van der Waals surface area contributed by atoms with E-state index in [0.29, 0.717) is 12.1 Å². The van der Waals surface area contributed by atoms with E-state index < -0.39 is 0 Å². The molecule has 0 aromatic carbocycles. The van der Waals surface area contributed by atoms with Gasteiger partial charge in [0.15, 0.2) is 11.8 Å². The number of hydrogen-bond acceptors (Lipinski definition) is 4. The SMILES string of the molecule is CCNC(=NCc1nnc2n1CCCCC2)NCC1(N2CCCCC2)CCCCC1.I. The maximum atomic E-state index is 4.91. The number of rotatable bonds is 6. The summed E-state index contributed by atoms with van der Waals surface area (Å²) in [5, 5.41) is 16.1. The first-order chi connectivity index (χ1) is 14.8. The molecule has 1 aliphatic carbocycles. The van der Waals surface area contributed by atoms with Crippen LogP contribution in [0.25, 0.3) is 0 Å². The first-order valence-electron chi connectivity index (χ1n) is 12.5. The highest BCUT2D eigenvalue weighted by atomic mass is 127. The fraction of sp³-hybridized carbons (Fsp3) is 0.870. The Hall–Kier alpha value is -0.900. The van der Waals surface area contributed by atoms with Gasteiger partial charge in [0, 0.05) is 31.6 Å². The monoisotopic (exact) mass is 543 g/mol. The second-order valence-electron chi connectivity index (χ2n) is 9.38. The molecule has 3 aliphatic rings.